The van der Waals surface area contributed by atoms with Gasteiger partial charge in [0.05, 0.1) is 0 Å². The first-order chi connectivity index (χ1) is 6.11. The van der Waals surface area contributed by atoms with Gasteiger partial charge in [0.25, 0.3) is 0 Å². The Labute approximate surface area is 82.1 Å². The van der Waals surface area contributed by atoms with Crippen molar-refractivity contribution < 1.29 is 0 Å². The van der Waals surface area contributed by atoms with Gasteiger partial charge < -0.3 is 4.90 Å². The van der Waals surface area contributed by atoms with E-state index in [2.05, 4.69) is 45.6 Å². The van der Waals surface area contributed by atoms with Crippen LogP contribution in [0.15, 0.2) is 23.0 Å². The van der Waals surface area contributed by atoms with Crippen molar-refractivity contribution in [1.29, 1.82) is 0 Å². The van der Waals surface area contributed by atoms with Crippen molar-refractivity contribution in [3.8, 4) is 0 Å². The molecule has 0 saturated carbocycles. The Morgan fingerprint density at radius 2 is 1.92 bits per heavy atom. The maximum absolute atomic E-state index is 2.40. The van der Waals surface area contributed by atoms with E-state index in [1.54, 1.807) is 5.57 Å². The minimum atomic E-state index is 0.632. The standard InChI is InChI=1S/C12H21N/c1-6-12-9(3)8-10(4)13(7-2)11(12)5/h8-9H,6-7H2,1-5H3. The second-order valence-electron chi connectivity index (χ2n) is 3.81. The van der Waals surface area contributed by atoms with Gasteiger partial charge in [-0.25, -0.2) is 0 Å². The van der Waals surface area contributed by atoms with Gasteiger partial charge >= 0.3 is 0 Å². The Morgan fingerprint density at radius 3 is 2.38 bits per heavy atom. The predicted octanol–water partition coefficient (Wildman–Crippen LogP) is 3.55. The van der Waals surface area contributed by atoms with Gasteiger partial charge in [-0.1, -0.05) is 19.9 Å². The smallest absolute Gasteiger partial charge is 0.0196 e. The van der Waals surface area contributed by atoms with Crippen LogP contribution in [0.3, 0.4) is 0 Å². The summed E-state index contributed by atoms with van der Waals surface area (Å²) in [7, 11) is 0. The first kappa shape index (κ1) is 10.4. The van der Waals surface area contributed by atoms with Crippen molar-refractivity contribution in [2.75, 3.05) is 6.54 Å². The molecule has 1 rings (SSSR count). The molecule has 0 aromatic carbocycles. The molecule has 13 heavy (non-hydrogen) atoms. The minimum Gasteiger partial charge on any atom is -0.350 e. The molecule has 0 N–H and O–H groups in total. The molecule has 0 aliphatic carbocycles. The number of hydrogen-bond acceptors (Lipinski definition) is 1. The highest BCUT2D eigenvalue weighted by Crippen LogP contribution is 2.30. The van der Waals surface area contributed by atoms with Crippen LogP contribution in [0.5, 0.6) is 0 Å². The molecule has 1 atom stereocenters. The van der Waals surface area contributed by atoms with Gasteiger partial charge in [-0.15, -0.1) is 0 Å². The summed E-state index contributed by atoms with van der Waals surface area (Å²) < 4.78 is 0. The number of nitrogens with zero attached hydrogens (tertiary/aromatic N) is 1. The quantitative estimate of drug-likeness (QED) is 0.626. The van der Waals surface area contributed by atoms with E-state index in [1.165, 1.54) is 17.8 Å². The van der Waals surface area contributed by atoms with E-state index in [9.17, 15) is 0 Å². The van der Waals surface area contributed by atoms with Crippen molar-refractivity contribution in [3.05, 3.63) is 23.0 Å². The molecule has 1 aliphatic heterocycles. The van der Waals surface area contributed by atoms with Crippen LogP contribution >= 0.6 is 0 Å². The van der Waals surface area contributed by atoms with Crippen LogP contribution in [0, 0.1) is 5.92 Å². The summed E-state index contributed by atoms with van der Waals surface area (Å²) in [5.41, 5.74) is 4.47. The van der Waals surface area contributed by atoms with E-state index < -0.39 is 0 Å². The third-order valence-corrected chi connectivity index (χ3v) is 3.03. The zero-order valence-electron chi connectivity index (χ0n) is 9.52. The highest BCUT2D eigenvalue weighted by Gasteiger charge is 2.18. The number of hydrogen-bond donors (Lipinski definition) is 0. The third kappa shape index (κ3) is 1.79. The second kappa shape index (κ2) is 3.99. The molecule has 1 nitrogen and oxygen atoms in total. The summed E-state index contributed by atoms with van der Waals surface area (Å²) in [6.45, 7) is 12.3. The lowest BCUT2D eigenvalue weighted by atomic mass is 9.92. The van der Waals surface area contributed by atoms with E-state index in [1.807, 2.05) is 0 Å². The highest BCUT2D eigenvalue weighted by molar-refractivity contribution is 5.27. The van der Waals surface area contributed by atoms with E-state index >= 15 is 0 Å². The van der Waals surface area contributed by atoms with Gasteiger partial charge in [-0.3, -0.25) is 0 Å². The summed E-state index contributed by atoms with van der Waals surface area (Å²) in [6, 6.07) is 0. The second-order valence-corrected chi connectivity index (χ2v) is 3.81. The molecule has 74 valence electrons. The SMILES string of the molecule is CCC1=C(C)N(CC)C(C)=CC1C. The molecule has 1 heteroatoms. The van der Waals surface area contributed by atoms with Gasteiger partial charge in [-0.05, 0) is 38.7 Å². The monoisotopic (exact) mass is 179 g/mol. The normalized spacial score (nSPS) is 23.6. The van der Waals surface area contributed by atoms with E-state index in [0.717, 1.165) is 6.54 Å². The van der Waals surface area contributed by atoms with Gasteiger partial charge in [-0.2, -0.15) is 0 Å². The lowest BCUT2D eigenvalue weighted by molar-refractivity contribution is 0.419. The molecule has 0 fully saturated rings. The number of rotatable bonds is 2. The van der Waals surface area contributed by atoms with Gasteiger partial charge in [0.15, 0.2) is 0 Å². The van der Waals surface area contributed by atoms with Crippen LogP contribution in [0.2, 0.25) is 0 Å². The van der Waals surface area contributed by atoms with Crippen molar-refractivity contribution >= 4 is 0 Å². The van der Waals surface area contributed by atoms with Gasteiger partial charge in [0.1, 0.15) is 0 Å². The zero-order chi connectivity index (χ0) is 10.0. The lowest BCUT2D eigenvalue weighted by Gasteiger charge is -2.33. The van der Waals surface area contributed by atoms with Crippen LogP contribution in [0.25, 0.3) is 0 Å². The Hall–Kier alpha value is -0.720. The van der Waals surface area contributed by atoms with Gasteiger partial charge in [0.2, 0.25) is 0 Å². The molecular weight excluding hydrogens is 158 g/mol. The molecule has 0 bridgehead atoms. The maximum Gasteiger partial charge on any atom is 0.0196 e. The fourth-order valence-corrected chi connectivity index (χ4v) is 2.38. The van der Waals surface area contributed by atoms with Crippen LogP contribution in [0.1, 0.15) is 41.0 Å². The van der Waals surface area contributed by atoms with E-state index in [4.69, 9.17) is 0 Å². The summed E-state index contributed by atoms with van der Waals surface area (Å²) in [4.78, 5) is 2.40. The summed E-state index contributed by atoms with van der Waals surface area (Å²) in [6.07, 6.45) is 3.54. The fraction of sp³-hybridized carbons (Fsp3) is 0.667. The van der Waals surface area contributed by atoms with Crippen molar-refractivity contribution in [3.63, 3.8) is 0 Å². The molecule has 0 amide bonds. The average molecular weight is 179 g/mol. The third-order valence-electron chi connectivity index (χ3n) is 3.03. The molecule has 1 heterocycles. The lowest BCUT2D eigenvalue weighted by Crippen LogP contribution is -2.25. The van der Waals surface area contributed by atoms with Crippen molar-refractivity contribution in [1.82, 2.24) is 4.90 Å². The van der Waals surface area contributed by atoms with Crippen molar-refractivity contribution in [2.24, 2.45) is 5.92 Å². The molecule has 0 radical (unpaired) electrons. The largest absolute Gasteiger partial charge is 0.350 e. The number of allylic oxidation sites excluding steroid dienone is 4. The van der Waals surface area contributed by atoms with Crippen LogP contribution in [0.4, 0.5) is 0 Å². The minimum absolute atomic E-state index is 0.632. The van der Waals surface area contributed by atoms with Crippen molar-refractivity contribution in [2.45, 2.75) is 41.0 Å². The molecule has 0 aromatic heterocycles. The zero-order valence-corrected chi connectivity index (χ0v) is 9.52. The fourth-order valence-electron chi connectivity index (χ4n) is 2.38. The molecule has 0 spiro atoms. The van der Waals surface area contributed by atoms with E-state index in [0.29, 0.717) is 5.92 Å². The maximum atomic E-state index is 2.40. The predicted molar refractivity (Wildman–Crippen MR) is 58.3 cm³/mol. The molecule has 0 aromatic rings. The highest BCUT2D eigenvalue weighted by atomic mass is 15.1. The van der Waals surface area contributed by atoms with E-state index in [-0.39, 0.29) is 0 Å². The van der Waals surface area contributed by atoms with Crippen LogP contribution in [-0.2, 0) is 0 Å². The van der Waals surface area contributed by atoms with Crippen LogP contribution < -0.4 is 0 Å². The Bertz CT molecular complexity index is 248. The summed E-state index contributed by atoms with van der Waals surface area (Å²) in [5, 5.41) is 0. The first-order valence-corrected chi connectivity index (χ1v) is 5.27. The Balaban J connectivity index is 3.00. The molecule has 0 saturated heterocycles. The molecule has 1 unspecified atom stereocenters. The first-order valence-electron chi connectivity index (χ1n) is 5.27. The van der Waals surface area contributed by atoms with Gasteiger partial charge in [0, 0.05) is 17.9 Å². The average Bonchev–Trinajstić information content (AvgIpc) is 2.04. The Morgan fingerprint density at radius 1 is 1.31 bits per heavy atom. The Kier molecular flexibility index (Phi) is 3.18. The molecule has 1 aliphatic rings. The topological polar surface area (TPSA) is 3.24 Å². The van der Waals surface area contributed by atoms with Crippen LogP contribution in [-0.4, -0.2) is 11.4 Å². The molecular formula is C12H21N. The summed E-state index contributed by atoms with van der Waals surface area (Å²) in [5.74, 6) is 0.632. The summed E-state index contributed by atoms with van der Waals surface area (Å²) >= 11 is 0.